The Bertz CT molecular complexity index is 631. The van der Waals surface area contributed by atoms with E-state index in [1.165, 1.54) is 0 Å². The van der Waals surface area contributed by atoms with E-state index in [1.54, 1.807) is 7.11 Å². The number of aliphatic carboxylic acids is 1. The highest BCUT2D eigenvalue weighted by Crippen LogP contribution is 2.32. The maximum absolute atomic E-state index is 12.5. The Kier molecular flexibility index (Phi) is 8.43. The highest BCUT2D eigenvalue weighted by Gasteiger charge is 2.35. The number of nitrogens with one attached hydrogen (secondary N) is 1. The number of hydrogen-bond acceptors (Lipinski definition) is 4. The Morgan fingerprint density at radius 1 is 1.22 bits per heavy atom. The van der Waals surface area contributed by atoms with Crippen molar-refractivity contribution in [2.45, 2.75) is 51.9 Å². The summed E-state index contributed by atoms with van der Waals surface area (Å²) >= 11 is 0. The fourth-order valence-electron chi connectivity index (χ4n) is 3.59. The van der Waals surface area contributed by atoms with Gasteiger partial charge in [-0.15, -0.1) is 0 Å². The van der Waals surface area contributed by atoms with Gasteiger partial charge in [0.15, 0.2) is 11.5 Å². The van der Waals surface area contributed by atoms with E-state index < -0.39 is 17.8 Å². The van der Waals surface area contributed by atoms with E-state index in [4.69, 9.17) is 9.47 Å². The van der Waals surface area contributed by atoms with Crippen LogP contribution in [0.3, 0.4) is 0 Å². The van der Waals surface area contributed by atoms with E-state index in [9.17, 15) is 14.7 Å². The molecule has 0 aliphatic heterocycles. The first-order valence-electron chi connectivity index (χ1n) is 9.87. The minimum Gasteiger partial charge on any atom is -0.493 e. The van der Waals surface area contributed by atoms with Gasteiger partial charge in [-0.05, 0) is 37.3 Å². The summed E-state index contributed by atoms with van der Waals surface area (Å²) < 4.78 is 11.3. The molecule has 150 valence electrons. The Morgan fingerprint density at radius 2 is 1.96 bits per heavy atom. The summed E-state index contributed by atoms with van der Waals surface area (Å²) in [5.74, 6) is -0.602. The number of carboxylic acids is 1. The van der Waals surface area contributed by atoms with Gasteiger partial charge in [0.25, 0.3) is 0 Å². The van der Waals surface area contributed by atoms with Crippen molar-refractivity contribution in [2.75, 3.05) is 20.3 Å². The summed E-state index contributed by atoms with van der Waals surface area (Å²) in [6.45, 7) is 3.18. The number of amides is 1. The second kappa shape index (κ2) is 10.8. The quantitative estimate of drug-likeness (QED) is 0.610. The Labute approximate surface area is 161 Å². The zero-order valence-corrected chi connectivity index (χ0v) is 16.3. The molecule has 0 heterocycles. The van der Waals surface area contributed by atoms with Gasteiger partial charge >= 0.3 is 5.97 Å². The molecule has 6 nitrogen and oxygen atoms in total. The van der Waals surface area contributed by atoms with Crippen LogP contribution in [0.2, 0.25) is 0 Å². The van der Waals surface area contributed by atoms with Gasteiger partial charge < -0.3 is 19.9 Å². The minimum atomic E-state index is -0.866. The molecule has 2 N–H and O–H groups in total. The molecule has 1 amide bonds. The second-order valence-electron chi connectivity index (χ2n) is 7.03. The molecule has 1 aliphatic rings. The van der Waals surface area contributed by atoms with E-state index in [1.807, 2.05) is 18.2 Å². The molecule has 2 rings (SSSR count). The molecule has 2 atom stereocenters. The SMILES string of the molecule is CCCCOc1c(CCNC(=O)C2CCCCC2C(=O)O)cccc1OC. The lowest BCUT2D eigenvalue weighted by Gasteiger charge is -2.27. The predicted octanol–water partition coefficient (Wildman–Crippen LogP) is 3.42. The largest absolute Gasteiger partial charge is 0.493 e. The number of methoxy groups -OCH3 is 1. The van der Waals surface area contributed by atoms with Crippen LogP contribution >= 0.6 is 0 Å². The molecule has 0 bridgehead atoms. The lowest BCUT2D eigenvalue weighted by atomic mass is 9.78. The number of rotatable bonds is 10. The highest BCUT2D eigenvalue weighted by molar-refractivity contribution is 5.84. The van der Waals surface area contributed by atoms with Crippen molar-refractivity contribution in [3.05, 3.63) is 23.8 Å². The van der Waals surface area contributed by atoms with E-state index >= 15 is 0 Å². The molecule has 0 aromatic heterocycles. The summed E-state index contributed by atoms with van der Waals surface area (Å²) in [7, 11) is 1.61. The average molecular weight is 377 g/mol. The second-order valence-corrected chi connectivity index (χ2v) is 7.03. The molecule has 6 heteroatoms. The van der Waals surface area contributed by atoms with Crippen LogP contribution in [0.1, 0.15) is 51.0 Å². The normalized spacial score (nSPS) is 19.3. The van der Waals surface area contributed by atoms with Gasteiger partial charge in [0.05, 0.1) is 25.6 Å². The number of carboxylic acid groups (broad SMARTS) is 1. The van der Waals surface area contributed by atoms with Crippen molar-refractivity contribution >= 4 is 11.9 Å². The standard InChI is InChI=1S/C21H31NO5/c1-3-4-14-27-19-15(8-7-11-18(19)26-2)12-13-22-20(23)16-9-5-6-10-17(16)21(24)25/h7-8,11,16-17H,3-6,9-10,12-14H2,1-2H3,(H,22,23)(H,24,25). The van der Waals surface area contributed by atoms with E-state index in [0.29, 0.717) is 38.2 Å². The first kappa shape index (κ1) is 21.1. The van der Waals surface area contributed by atoms with Gasteiger partial charge in [0.2, 0.25) is 5.91 Å². The number of hydrogen-bond donors (Lipinski definition) is 2. The van der Waals surface area contributed by atoms with Crippen LogP contribution < -0.4 is 14.8 Å². The van der Waals surface area contributed by atoms with Crippen molar-refractivity contribution in [3.63, 3.8) is 0 Å². The lowest BCUT2D eigenvalue weighted by molar-refractivity contribution is -0.148. The Hall–Kier alpha value is -2.24. The van der Waals surface area contributed by atoms with Gasteiger partial charge in [0.1, 0.15) is 0 Å². The van der Waals surface area contributed by atoms with Crippen LogP contribution in [0.15, 0.2) is 18.2 Å². The molecule has 27 heavy (non-hydrogen) atoms. The number of carbonyl (C=O) groups excluding carboxylic acids is 1. The van der Waals surface area contributed by atoms with Crippen molar-refractivity contribution in [1.82, 2.24) is 5.32 Å². The zero-order valence-electron chi connectivity index (χ0n) is 16.3. The Morgan fingerprint density at radius 3 is 2.63 bits per heavy atom. The van der Waals surface area contributed by atoms with Crippen molar-refractivity contribution in [1.29, 1.82) is 0 Å². The predicted molar refractivity (Wildman–Crippen MR) is 103 cm³/mol. The summed E-state index contributed by atoms with van der Waals surface area (Å²) in [6, 6.07) is 5.74. The molecule has 2 unspecified atom stereocenters. The zero-order chi connectivity index (χ0) is 19.6. The van der Waals surface area contributed by atoms with Crippen molar-refractivity contribution < 1.29 is 24.2 Å². The van der Waals surface area contributed by atoms with Gasteiger partial charge in [-0.1, -0.05) is 38.3 Å². The summed E-state index contributed by atoms with van der Waals surface area (Å²) in [5.41, 5.74) is 0.976. The van der Waals surface area contributed by atoms with E-state index in [2.05, 4.69) is 12.2 Å². The molecular formula is C21H31NO5. The molecule has 1 aliphatic carbocycles. The molecule has 1 saturated carbocycles. The van der Waals surface area contributed by atoms with Crippen molar-refractivity contribution in [3.8, 4) is 11.5 Å². The Balaban J connectivity index is 1.95. The van der Waals surface area contributed by atoms with Crippen LogP contribution in [0.25, 0.3) is 0 Å². The minimum absolute atomic E-state index is 0.154. The number of ether oxygens (including phenoxy) is 2. The fourth-order valence-corrected chi connectivity index (χ4v) is 3.59. The molecule has 0 radical (unpaired) electrons. The van der Waals surface area contributed by atoms with Gasteiger partial charge in [0, 0.05) is 6.54 Å². The van der Waals surface area contributed by atoms with Gasteiger partial charge in [-0.25, -0.2) is 0 Å². The van der Waals surface area contributed by atoms with Crippen LogP contribution in [0.4, 0.5) is 0 Å². The molecule has 1 fully saturated rings. The topological polar surface area (TPSA) is 84.9 Å². The molecule has 1 aromatic rings. The monoisotopic (exact) mass is 377 g/mol. The van der Waals surface area contributed by atoms with Gasteiger partial charge in [-0.2, -0.15) is 0 Å². The average Bonchev–Trinajstić information content (AvgIpc) is 2.68. The number of unbranched alkanes of at least 4 members (excludes halogenated alkanes) is 1. The summed E-state index contributed by atoms with van der Waals surface area (Å²) in [5, 5.41) is 12.3. The van der Waals surface area contributed by atoms with Crippen LogP contribution in [0, 0.1) is 11.8 Å². The molecule has 1 aromatic carbocycles. The van der Waals surface area contributed by atoms with Gasteiger partial charge in [-0.3, -0.25) is 9.59 Å². The summed E-state index contributed by atoms with van der Waals surface area (Å²) in [4.78, 5) is 23.9. The number of benzene rings is 1. The van der Waals surface area contributed by atoms with Crippen LogP contribution in [-0.4, -0.2) is 37.2 Å². The smallest absolute Gasteiger partial charge is 0.307 e. The summed E-state index contributed by atoms with van der Waals surface area (Å²) in [6.07, 6.45) is 5.64. The molecular weight excluding hydrogens is 346 g/mol. The molecule has 0 saturated heterocycles. The van der Waals surface area contributed by atoms with E-state index in [0.717, 1.165) is 37.0 Å². The third kappa shape index (κ3) is 5.88. The van der Waals surface area contributed by atoms with Crippen LogP contribution in [0.5, 0.6) is 11.5 Å². The highest BCUT2D eigenvalue weighted by atomic mass is 16.5. The first-order chi connectivity index (χ1) is 13.1. The van der Waals surface area contributed by atoms with E-state index in [-0.39, 0.29) is 5.91 Å². The number of carbonyl (C=O) groups is 2. The van der Waals surface area contributed by atoms with Crippen molar-refractivity contribution in [2.24, 2.45) is 11.8 Å². The lowest BCUT2D eigenvalue weighted by Crippen LogP contribution is -2.40. The fraction of sp³-hybridized carbons (Fsp3) is 0.619. The van der Waals surface area contributed by atoms with Crippen LogP contribution in [-0.2, 0) is 16.0 Å². The maximum Gasteiger partial charge on any atom is 0.307 e. The third-order valence-electron chi connectivity index (χ3n) is 5.14. The maximum atomic E-state index is 12.5. The third-order valence-corrected chi connectivity index (χ3v) is 5.14. The molecule has 0 spiro atoms. The number of para-hydroxylation sites is 1. The first-order valence-corrected chi connectivity index (χ1v) is 9.87.